The maximum absolute atomic E-state index is 12.7. The summed E-state index contributed by atoms with van der Waals surface area (Å²) in [4.78, 5) is 16.2. The number of carbonyl (C=O) groups excluding carboxylic acids is 1. The molecule has 6 heteroatoms. The Balaban J connectivity index is 2.04. The molecule has 2 aliphatic heterocycles. The van der Waals surface area contributed by atoms with Crippen molar-refractivity contribution in [3.05, 3.63) is 28.3 Å². The third kappa shape index (κ3) is 2.06. The van der Waals surface area contributed by atoms with Crippen molar-refractivity contribution in [2.24, 2.45) is 0 Å². The Kier molecular flexibility index (Phi) is 3.75. The molecule has 2 fully saturated rings. The Morgan fingerprint density at radius 2 is 2.18 bits per heavy atom. The molecule has 22 heavy (non-hydrogen) atoms. The maximum Gasteiger partial charge on any atom is 0.325 e. The molecule has 1 aromatic rings. The maximum atomic E-state index is 12.7. The fourth-order valence-electron chi connectivity index (χ4n) is 3.61. The van der Waals surface area contributed by atoms with Gasteiger partial charge >= 0.3 is 6.03 Å². The highest BCUT2D eigenvalue weighted by Gasteiger charge is 2.49. The van der Waals surface area contributed by atoms with Crippen molar-refractivity contribution in [2.75, 3.05) is 11.4 Å². The number of urea groups is 1. The molecule has 0 bridgehead atoms. The van der Waals surface area contributed by atoms with E-state index in [2.05, 4.69) is 0 Å². The SMILES string of the molecule is Cc1c(N2C(=O)N3CCCC(O)[C@H]3C2C)ccc(C#N)c1Cl. The zero-order chi connectivity index (χ0) is 16.0. The van der Waals surface area contributed by atoms with E-state index in [0.29, 0.717) is 22.8 Å². The minimum Gasteiger partial charge on any atom is -0.391 e. The van der Waals surface area contributed by atoms with Crippen LogP contribution in [0.5, 0.6) is 0 Å². The van der Waals surface area contributed by atoms with Crippen molar-refractivity contribution in [1.82, 2.24) is 4.90 Å². The first kappa shape index (κ1) is 15.1. The quantitative estimate of drug-likeness (QED) is 0.865. The van der Waals surface area contributed by atoms with Crippen LogP contribution in [0.1, 0.15) is 30.9 Å². The van der Waals surface area contributed by atoms with Gasteiger partial charge in [-0.1, -0.05) is 11.6 Å². The van der Waals surface area contributed by atoms with Gasteiger partial charge in [0.1, 0.15) is 6.07 Å². The molecule has 2 unspecified atom stereocenters. The molecule has 1 aromatic carbocycles. The van der Waals surface area contributed by atoms with E-state index in [1.54, 1.807) is 21.9 Å². The fourth-order valence-corrected chi connectivity index (χ4v) is 3.82. The van der Waals surface area contributed by atoms with Gasteiger partial charge in [0, 0.05) is 6.54 Å². The van der Waals surface area contributed by atoms with E-state index >= 15 is 0 Å². The summed E-state index contributed by atoms with van der Waals surface area (Å²) in [5.74, 6) is 0. The van der Waals surface area contributed by atoms with E-state index in [4.69, 9.17) is 16.9 Å². The highest BCUT2D eigenvalue weighted by Crippen LogP contribution is 2.38. The number of nitriles is 1. The number of hydrogen-bond acceptors (Lipinski definition) is 3. The van der Waals surface area contributed by atoms with Gasteiger partial charge in [-0.2, -0.15) is 5.26 Å². The zero-order valence-corrected chi connectivity index (χ0v) is 13.3. The van der Waals surface area contributed by atoms with E-state index in [-0.39, 0.29) is 18.1 Å². The summed E-state index contributed by atoms with van der Waals surface area (Å²) in [6, 6.07) is 5.03. The highest BCUT2D eigenvalue weighted by atomic mass is 35.5. The predicted octanol–water partition coefficient (Wildman–Crippen LogP) is 2.67. The lowest BCUT2D eigenvalue weighted by molar-refractivity contribution is 0.0418. The number of benzene rings is 1. The molecule has 0 saturated carbocycles. The molecule has 116 valence electrons. The van der Waals surface area contributed by atoms with Crippen molar-refractivity contribution >= 4 is 23.3 Å². The Hall–Kier alpha value is -1.77. The van der Waals surface area contributed by atoms with Crippen LogP contribution in [-0.2, 0) is 0 Å². The largest absolute Gasteiger partial charge is 0.391 e. The van der Waals surface area contributed by atoms with E-state index in [9.17, 15) is 9.90 Å². The van der Waals surface area contributed by atoms with Gasteiger partial charge in [0.2, 0.25) is 0 Å². The van der Waals surface area contributed by atoms with Crippen LogP contribution in [0, 0.1) is 18.3 Å². The number of aliphatic hydroxyl groups is 1. The van der Waals surface area contributed by atoms with Crippen LogP contribution in [0.25, 0.3) is 0 Å². The van der Waals surface area contributed by atoms with Gasteiger partial charge < -0.3 is 10.0 Å². The second-order valence-corrected chi connectivity index (χ2v) is 6.35. The number of rotatable bonds is 1. The van der Waals surface area contributed by atoms with Crippen LogP contribution in [0.15, 0.2) is 12.1 Å². The standard InChI is InChI=1S/C16H18ClN3O2/c1-9-12(6-5-11(8-18)14(9)17)20-10(2)15-13(21)4-3-7-19(15)16(20)22/h5-6,10,13,15,21H,3-4,7H2,1-2H3/t10?,13?,15-/m1/s1. The number of nitrogens with zero attached hydrogens (tertiary/aromatic N) is 3. The Morgan fingerprint density at radius 3 is 2.82 bits per heavy atom. The second kappa shape index (κ2) is 5.45. The number of piperidine rings is 1. The first-order valence-electron chi connectivity index (χ1n) is 7.44. The number of carbonyl (C=O) groups is 1. The van der Waals surface area contributed by atoms with Gasteiger partial charge in [-0.15, -0.1) is 0 Å². The van der Waals surface area contributed by atoms with Crippen LogP contribution >= 0.6 is 11.6 Å². The minimum atomic E-state index is -0.494. The third-order valence-electron chi connectivity index (χ3n) is 4.74. The van der Waals surface area contributed by atoms with E-state index in [1.165, 1.54) is 0 Å². The summed E-state index contributed by atoms with van der Waals surface area (Å²) in [6.07, 6.45) is 1.04. The van der Waals surface area contributed by atoms with E-state index < -0.39 is 6.10 Å². The molecule has 2 amide bonds. The zero-order valence-electron chi connectivity index (χ0n) is 12.6. The molecule has 2 aliphatic rings. The molecule has 2 saturated heterocycles. The topological polar surface area (TPSA) is 67.6 Å². The Bertz CT molecular complexity index is 670. The first-order valence-corrected chi connectivity index (χ1v) is 7.82. The molecule has 2 heterocycles. The number of aliphatic hydroxyl groups excluding tert-OH is 1. The Morgan fingerprint density at radius 1 is 1.45 bits per heavy atom. The summed E-state index contributed by atoms with van der Waals surface area (Å²) >= 11 is 6.23. The lowest BCUT2D eigenvalue weighted by Gasteiger charge is -2.34. The van der Waals surface area contributed by atoms with Crippen molar-refractivity contribution in [2.45, 2.75) is 44.9 Å². The molecular formula is C16H18ClN3O2. The smallest absolute Gasteiger partial charge is 0.325 e. The molecule has 3 rings (SSSR count). The average molecular weight is 320 g/mol. The minimum absolute atomic E-state index is 0.0971. The number of halogens is 1. The van der Waals surface area contributed by atoms with Crippen molar-refractivity contribution in [3.8, 4) is 6.07 Å². The third-order valence-corrected chi connectivity index (χ3v) is 5.23. The predicted molar refractivity (Wildman–Crippen MR) is 84.0 cm³/mol. The second-order valence-electron chi connectivity index (χ2n) is 5.97. The molecule has 3 atom stereocenters. The van der Waals surface area contributed by atoms with Crippen LogP contribution in [0.3, 0.4) is 0 Å². The number of fused-ring (bicyclic) bond motifs is 1. The van der Waals surface area contributed by atoms with Gasteiger partial charge in [0.15, 0.2) is 0 Å². The van der Waals surface area contributed by atoms with Gasteiger partial charge in [-0.05, 0) is 44.4 Å². The normalized spacial score (nSPS) is 27.8. The van der Waals surface area contributed by atoms with Crippen LogP contribution in [0.2, 0.25) is 5.02 Å². The van der Waals surface area contributed by atoms with Crippen LogP contribution in [0.4, 0.5) is 10.5 Å². The molecule has 0 spiro atoms. The van der Waals surface area contributed by atoms with Crippen molar-refractivity contribution in [1.29, 1.82) is 5.26 Å². The molecule has 5 nitrogen and oxygen atoms in total. The molecule has 0 radical (unpaired) electrons. The number of anilines is 1. The lowest BCUT2D eigenvalue weighted by Crippen LogP contribution is -2.48. The summed E-state index contributed by atoms with van der Waals surface area (Å²) in [5, 5.41) is 19.7. The fraction of sp³-hybridized carbons (Fsp3) is 0.500. The van der Waals surface area contributed by atoms with Crippen LogP contribution in [-0.4, -0.2) is 40.8 Å². The van der Waals surface area contributed by atoms with Crippen LogP contribution < -0.4 is 4.90 Å². The molecule has 1 N–H and O–H groups in total. The summed E-state index contributed by atoms with van der Waals surface area (Å²) in [6.45, 7) is 4.43. The molecule has 0 aromatic heterocycles. The Labute approximate surface area is 134 Å². The average Bonchev–Trinajstić information content (AvgIpc) is 2.75. The molecular weight excluding hydrogens is 302 g/mol. The number of amides is 2. The van der Waals surface area contributed by atoms with E-state index in [1.807, 2.05) is 19.9 Å². The van der Waals surface area contributed by atoms with Gasteiger partial charge in [0.05, 0.1) is 34.5 Å². The van der Waals surface area contributed by atoms with Gasteiger partial charge in [0.25, 0.3) is 0 Å². The first-order chi connectivity index (χ1) is 10.5. The monoisotopic (exact) mass is 319 g/mol. The van der Waals surface area contributed by atoms with Gasteiger partial charge in [-0.3, -0.25) is 4.90 Å². The van der Waals surface area contributed by atoms with E-state index in [0.717, 1.165) is 18.4 Å². The summed E-state index contributed by atoms with van der Waals surface area (Å²) in [5.41, 5.74) is 1.83. The molecule has 0 aliphatic carbocycles. The summed E-state index contributed by atoms with van der Waals surface area (Å²) < 4.78 is 0. The van der Waals surface area contributed by atoms with Crippen molar-refractivity contribution < 1.29 is 9.90 Å². The van der Waals surface area contributed by atoms with Crippen molar-refractivity contribution in [3.63, 3.8) is 0 Å². The highest BCUT2D eigenvalue weighted by molar-refractivity contribution is 6.33. The lowest BCUT2D eigenvalue weighted by atomic mass is 9.95. The number of hydrogen-bond donors (Lipinski definition) is 1. The van der Waals surface area contributed by atoms with Gasteiger partial charge in [-0.25, -0.2) is 4.79 Å². The summed E-state index contributed by atoms with van der Waals surface area (Å²) in [7, 11) is 0.